The molecule has 4 N–H and O–H groups in total. The molecule has 4 aliphatic rings. The van der Waals surface area contributed by atoms with Crippen molar-refractivity contribution < 1.29 is 43.6 Å². The van der Waals surface area contributed by atoms with E-state index < -0.39 is 65.7 Å². The molecule has 3 aliphatic carbocycles. The predicted octanol–water partition coefficient (Wildman–Crippen LogP) is 4.24. The maximum Gasteiger partial charge on any atom is 0.397 e. The number of carbonyl (C=O) groups excluding carboxylic acids is 4. The number of amides is 1. The van der Waals surface area contributed by atoms with Gasteiger partial charge >= 0.3 is 23.8 Å². The van der Waals surface area contributed by atoms with Gasteiger partial charge in [-0.15, -0.1) is 0 Å². The molecule has 3 unspecified atom stereocenters. The predicted molar refractivity (Wildman–Crippen MR) is 180 cm³/mol. The Hall–Kier alpha value is -3.74. The van der Waals surface area contributed by atoms with E-state index in [1.807, 2.05) is 63.3 Å². The number of fused-ring (bicyclic) bond motifs is 6. The van der Waals surface area contributed by atoms with E-state index in [4.69, 9.17) is 14.2 Å². The van der Waals surface area contributed by atoms with Crippen molar-refractivity contribution in [2.45, 2.75) is 77.1 Å². The van der Waals surface area contributed by atoms with E-state index in [0.717, 1.165) is 10.0 Å². The zero-order valence-corrected chi connectivity index (χ0v) is 29.5. The number of halogens is 1. The standard InChI is InChI=1S/C37H43BrN2O9/c1-18-16-19(2)37(46)23(9-13-25-28-29(30(25)37)31(42)20(3)33(28)49-35(44)26-6-5-15-39-26)10-14-27(41)48-32(18)21(4)47-36(45)34(43)40-17-22-7-11-24(38)12-8-22/h5-9,11-13,15-16,18,20-21,23,25,28-33,39,42,46H,10,14,17H2,1-4H3,(H,40,43)/b19-16+/t18-,20-,21-,23-,25?,28+,29?,30?,31-,32+,33-,37+/m1/s1. The van der Waals surface area contributed by atoms with E-state index in [1.165, 1.54) is 0 Å². The number of aliphatic hydroxyl groups excluding tert-OH is 1. The second-order valence-electron chi connectivity index (χ2n) is 14.0. The minimum atomic E-state index is -1.40. The van der Waals surface area contributed by atoms with Crippen molar-refractivity contribution in [1.29, 1.82) is 0 Å². The highest BCUT2D eigenvalue weighted by atomic mass is 79.9. The Morgan fingerprint density at radius 3 is 2.57 bits per heavy atom. The van der Waals surface area contributed by atoms with Crippen LogP contribution in [0.25, 0.3) is 0 Å². The maximum atomic E-state index is 13.1. The number of nitrogens with one attached hydrogen (secondary N) is 2. The average Bonchev–Trinajstić information content (AvgIpc) is 3.66. The number of H-pyrrole nitrogens is 1. The van der Waals surface area contributed by atoms with Gasteiger partial charge in [0.1, 0.15) is 24.0 Å². The third-order valence-corrected chi connectivity index (χ3v) is 11.7. The van der Waals surface area contributed by atoms with E-state index in [2.05, 4.69) is 26.2 Å². The van der Waals surface area contributed by atoms with Crippen LogP contribution in [0.5, 0.6) is 0 Å². The molecule has 12 heteroatoms. The van der Waals surface area contributed by atoms with E-state index in [-0.39, 0.29) is 42.6 Å². The Kier molecular flexibility index (Phi) is 9.94. The van der Waals surface area contributed by atoms with E-state index in [1.54, 1.807) is 25.3 Å². The first-order valence-electron chi connectivity index (χ1n) is 16.9. The van der Waals surface area contributed by atoms with Crippen molar-refractivity contribution in [3.63, 3.8) is 0 Å². The Balaban J connectivity index is 1.19. The van der Waals surface area contributed by atoms with Crippen LogP contribution in [-0.2, 0) is 35.1 Å². The molecular formula is C37H43BrN2O9. The van der Waals surface area contributed by atoms with Gasteiger partial charge < -0.3 is 34.7 Å². The molecule has 2 heterocycles. The molecule has 12 atom stereocenters. The van der Waals surface area contributed by atoms with Crippen LogP contribution in [0.2, 0.25) is 0 Å². The third kappa shape index (κ3) is 6.50. The van der Waals surface area contributed by atoms with Crippen LogP contribution in [0.15, 0.2) is 70.9 Å². The van der Waals surface area contributed by atoms with Gasteiger partial charge in [-0.25, -0.2) is 9.59 Å². The van der Waals surface area contributed by atoms with E-state index in [0.29, 0.717) is 17.7 Å². The smallest absolute Gasteiger partial charge is 0.397 e. The molecule has 0 bridgehead atoms. The fraction of sp³-hybridized carbons (Fsp3) is 0.514. The number of allylic oxidation sites excluding steroid dienone is 1. The molecule has 11 nitrogen and oxygen atoms in total. The summed E-state index contributed by atoms with van der Waals surface area (Å²) in [7, 11) is 0. The van der Waals surface area contributed by atoms with Gasteiger partial charge in [0.05, 0.1) is 11.7 Å². The molecule has 2 aromatic rings. The first-order valence-corrected chi connectivity index (χ1v) is 17.6. The lowest BCUT2D eigenvalue weighted by Gasteiger charge is -2.61. The fourth-order valence-corrected chi connectivity index (χ4v) is 8.96. The molecule has 49 heavy (non-hydrogen) atoms. The molecule has 0 radical (unpaired) electrons. The summed E-state index contributed by atoms with van der Waals surface area (Å²) in [6, 6.07) is 10.6. The summed E-state index contributed by atoms with van der Waals surface area (Å²) >= 11 is 3.36. The fourth-order valence-electron chi connectivity index (χ4n) is 8.70. The number of esters is 3. The van der Waals surface area contributed by atoms with Crippen LogP contribution in [0.1, 0.15) is 56.6 Å². The SMILES string of the molecule is C/C1=C\[C@@H](C)[C@@H]([C@@H](C)OC(=O)C(=O)NCc2ccc(Br)cc2)OC(=O)CC[C@H]2C=CC3C(C4[C@H]3[C@H](OC(=O)c3ccc[nH]3)[C@H](C)[C@H]4O)[C@]12O. The first-order chi connectivity index (χ1) is 23.3. The van der Waals surface area contributed by atoms with Crippen LogP contribution < -0.4 is 5.32 Å². The lowest BCUT2D eigenvalue weighted by molar-refractivity contribution is -0.180. The average molecular weight is 740 g/mol. The summed E-state index contributed by atoms with van der Waals surface area (Å²) in [4.78, 5) is 54.2. The van der Waals surface area contributed by atoms with Gasteiger partial charge in [0.25, 0.3) is 0 Å². The first kappa shape index (κ1) is 35.1. The number of cyclic esters (lactones) is 1. The van der Waals surface area contributed by atoms with Gasteiger partial charge in [-0.05, 0) is 67.5 Å². The van der Waals surface area contributed by atoms with Gasteiger partial charge in [-0.3, -0.25) is 9.59 Å². The number of hydrogen-bond donors (Lipinski definition) is 4. The summed E-state index contributed by atoms with van der Waals surface area (Å²) in [6.45, 7) is 7.22. The second-order valence-corrected chi connectivity index (χ2v) is 14.9. The minimum absolute atomic E-state index is 0.00296. The molecule has 6 rings (SSSR count). The highest BCUT2D eigenvalue weighted by Crippen LogP contribution is 2.66. The number of aliphatic hydroxyl groups is 2. The Morgan fingerprint density at radius 1 is 1.14 bits per heavy atom. The number of ether oxygens (including phenoxy) is 3. The highest BCUT2D eigenvalue weighted by Gasteiger charge is 2.70. The topological polar surface area (TPSA) is 164 Å². The van der Waals surface area contributed by atoms with Crippen molar-refractivity contribution in [2.24, 2.45) is 41.4 Å². The number of benzene rings is 1. The van der Waals surface area contributed by atoms with Gasteiger partial charge in [0.2, 0.25) is 0 Å². The number of aromatic nitrogens is 1. The molecule has 262 valence electrons. The molecule has 2 saturated carbocycles. The Morgan fingerprint density at radius 2 is 1.88 bits per heavy atom. The third-order valence-electron chi connectivity index (χ3n) is 11.1. The van der Waals surface area contributed by atoms with Crippen LogP contribution in [0.3, 0.4) is 0 Å². The summed E-state index contributed by atoms with van der Waals surface area (Å²) in [5.41, 5.74) is 0.391. The van der Waals surface area contributed by atoms with Gasteiger partial charge in [-0.2, -0.15) is 0 Å². The van der Waals surface area contributed by atoms with Gasteiger partial charge in [0.15, 0.2) is 0 Å². The summed E-state index contributed by atoms with van der Waals surface area (Å²) in [5, 5.41) is 26.8. The lowest BCUT2D eigenvalue weighted by atomic mass is 9.46. The Bertz CT molecular complexity index is 1640. The minimum Gasteiger partial charge on any atom is -0.458 e. The van der Waals surface area contributed by atoms with Crippen molar-refractivity contribution in [2.75, 3.05) is 0 Å². The maximum absolute atomic E-state index is 13.1. The Labute approximate surface area is 293 Å². The quantitative estimate of drug-likeness (QED) is 0.147. The van der Waals surface area contributed by atoms with Crippen molar-refractivity contribution >= 4 is 39.7 Å². The second kappa shape index (κ2) is 13.9. The highest BCUT2D eigenvalue weighted by molar-refractivity contribution is 9.10. The normalized spacial score (nSPS) is 36.7. The van der Waals surface area contributed by atoms with Crippen LogP contribution >= 0.6 is 15.9 Å². The van der Waals surface area contributed by atoms with Crippen LogP contribution in [-0.4, -0.2) is 69.0 Å². The van der Waals surface area contributed by atoms with Gasteiger partial charge in [-0.1, -0.05) is 60.1 Å². The lowest BCUT2D eigenvalue weighted by Crippen LogP contribution is -2.64. The largest absolute Gasteiger partial charge is 0.458 e. The zero-order valence-electron chi connectivity index (χ0n) is 27.9. The zero-order chi connectivity index (χ0) is 35.2. The van der Waals surface area contributed by atoms with Crippen LogP contribution in [0, 0.1) is 41.4 Å². The molecular weight excluding hydrogens is 696 g/mol. The summed E-state index contributed by atoms with van der Waals surface area (Å²) in [6.07, 6.45) is 4.53. The van der Waals surface area contributed by atoms with E-state index in [9.17, 15) is 29.4 Å². The van der Waals surface area contributed by atoms with Gasteiger partial charge in [0, 0.05) is 53.2 Å². The number of carbonyl (C=O) groups is 4. The number of rotatable bonds is 6. The van der Waals surface area contributed by atoms with Crippen LogP contribution in [0.4, 0.5) is 0 Å². The molecule has 0 saturated heterocycles. The monoisotopic (exact) mass is 738 g/mol. The molecule has 0 spiro atoms. The molecule has 1 aromatic heterocycles. The summed E-state index contributed by atoms with van der Waals surface area (Å²) < 4.78 is 18.2. The van der Waals surface area contributed by atoms with Crippen molar-refractivity contribution in [3.8, 4) is 0 Å². The van der Waals surface area contributed by atoms with E-state index >= 15 is 0 Å². The summed E-state index contributed by atoms with van der Waals surface area (Å²) in [5.74, 6) is -5.34. The number of aromatic amines is 1. The number of hydrogen-bond acceptors (Lipinski definition) is 9. The molecule has 2 fully saturated rings. The van der Waals surface area contributed by atoms with Crippen molar-refractivity contribution in [1.82, 2.24) is 10.3 Å². The van der Waals surface area contributed by atoms with Crippen molar-refractivity contribution in [3.05, 3.63) is 82.1 Å². The molecule has 1 aliphatic heterocycles. The molecule has 1 aromatic carbocycles. The molecule has 1 amide bonds.